The van der Waals surface area contributed by atoms with Gasteiger partial charge >= 0.3 is 0 Å². The summed E-state index contributed by atoms with van der Waals surface area (Å²) in [6.07, 6.45) is 0. The van der Waals surface area contributed by atoms with E-state index in [0.29, 0.717) is 0 Å². The number of primary amides is 1. The Morgan fingerprint density at radius 2 is 2.00 bits per heavy atom. The van der Waals surface area contributed by atoms with E-state index in [4.69, 9.17) is 11.5 Å². The quantitative estimate of drug-likeness (QED) is 0.484. The molecule has 0 heterocycles. The van der Waals surface area contributed by atoms with Crippen molar-refractivity contribution in [1.82, 2.24) is 0 Å². The Kier molecular flexibility index (Phi) is 3.16. The lowest BCUT2D eigenvalue weighted by Gasteiger charge is -2.17. The van der Waals surface area contributed by atoms with Gasteiger partial charge in [0.25, 0.3) is 0 Å². The van der Waals surface area contributed by atoms with E-state index in [1.807, 2.05) is 0 Å². The molecule has 0 saturated heterocycles. The Hall–Kier alpha value is -0.940. The van der Waals surface area contributed by atoms with Gasteiger partial charge in [-0.05, 0) is 6.92 Å². The van der Waals surface area contributed by atoms with E-state index in [1.54, 1.807) is 0 Å². The topological polar surface area (TPSA) is 95.4 Å². The molecule has 1 atom stereocenters. The molecule has 0 unspecified atom stereocenters. The van der Waals surface area contributed by atoms with Crippen LogP contribution in [0.25, 0.3) is 0 Å². The summed E-state index contributed by atoms with van der Waals surface area (Å²) >= 11 is 0. The highest BCUT2D eigenvalue weighted by atomic mass is 16.5. The van der Waals surface area contributed by atoms with E-state index < -0.39 is 17.2 Å². The lowest BCUT2D eigenvalue weighted by Crippen LogP contribution is -2.56. The summed E-state index contributed by atoms with van der Waals surface area (Å²) in [4.78, 5) is 21.5. The minimum Gasteiger partial charge on any atom is -0.377 e. The monoisotopic (exact) mass is 160 g/mol. The minimum atomic E-state index is -1.62. The van der Waals surface area contributed by atoms with E-state index >= 15 is 0 Å². The smallest absolute Gasteiger partial charge is 0.245 e. The van der Waals surface area contributed by atoms with Crippen LogP contribution in [-0.4, -0.2) is 30.9 Å². The SMILES string of the molecule is COCC(=O)[C@](C)(N)C(N)=O. The fourth-order valence-corrected chi connectivity index (χ4v) is 0.418. The minimum absolute atomic E-state index is 0.198. The fraction of sp³-hybridized carbons (Fsp3) is 0.667. The van der Waals surface area contributed by atoms with Crippen LogP contribution in [0.15, 0.2) is 0 Å². The summed E-state index contributed by atoms with van der Waals surface area (Å²) in [6, 6.07) is 0. The van der Waals surface area contributed by atoms with Gasteiger partial charge < -0.3 is 16.2 Å². The van der Waals surface area contributed by atoms with Crippen molar-refractivity contribution in [2.75, 3.05) is 13.7 Å². The van der Waals surface area contributed by atoms with Crippen LogP contribution in [0.1, 0.15) is 6.92 Å². The zero-order valence-corrected chi connectivity index (χ0v) is 6.59. The average molecular weight is 160 g/mol. The van der Waals surface area contributed by atoms with Crippen LogP contribution >= 0.6 is 0 Å². The molecule has 5 heteroatoms. The summed E-state index contributed by atoms with van der Waals surface area (Å²) in [5.41, 5.74) is 8.53. The molecular formula is C6H12N2O3. The van der Waals surface area contributed by atoms with Crippen LogP contribution in [0.5, 0.6) is 0 Å². The van der Waals surface area contributed by atoms with Gasteiger partial charge in [0.15, 0.2) is 11.3 Å². The average Bonchev–Trinajstić information content (AvgIpc) is 1.88. The van der Waals surface area contributed by atoms with Crippen molar-refractivity contribution in [1.29, 1.82) is 0 Å². The first-order valence-corrected chi connectivity index (χ1v) is 3.04. The maximum atomic E-state index is 11.0. The number of hydrogen-bond acceptors (Lipinski definition) is 4. The van der Waals surface area contributed by atoms with Gasteiger partial charge in [0.05, 0.1) is 0 Å². The van der Waals surface area contributed by atoms with Crippen molar-refractivity contribution in [3.05, 3.63) is 0 Å². The van der Waals surface area contributed by atoms with E-state index in [1.165, 1.54) is 14.0 Å². The Bertz CT molecular complexity index is 177. The predicted molar refractivity (Wildman–Crippen MR) is 38.7 cm³/mol. The number of Topliss-reactive ketones (excluding diaryl/α,β-unsaturated/α-hetero) is 1. The standard InChI is InChI=1S/C6H12N2O3/c1-6(8,5(7)10)4(9)3-11-2/h3,8H2,1-2H3,(H2,7,10)/t6-/m0/s1. The first kappa shape index (κ1) is 10.1. The maximum Gasteiger partial charge on any atom is 0.245 e. The second-order valence-corrected chi connectivity index (χ2v) is 2.42. The molecule has 0 radical (unpaired) electrons. The highest BCUT2D eigenvalue weighted by Gasteiger charge is 2.33. The second kappa shape index (κ2) is 3.45. The van der Waals surface area contributed by atoms with Crippen molar-refractivity contribution in [3.63, 3.8) is 0 Å². The van der Waals surface area contributed by atoms with Crippen LogP contribution in [-0.2, 0) is 14.3 Å². The van der Waals surface area contributed by atoms with Gasteiger partial charge in [0.1, 0.15) is 6.61 Å². The molecule has 0 saturated carbocycles. The third-order valence-corrected chi connectivity index (χ3v) is 1.37. The molecule has 0 aromatic carbocycles. The largest absolute Gasteiger partial charge is 0.377 e. The van der Waals surface area contributed by atoms with Crippen LogP contribution in [0.3, 0.4) is 0 Å². The lowest BCUT2D eigenvalue weighted by molar-refractivity contribution is -0.135. The number of amides is 1. The highest BCUT2D eigenvalue weighted by Crippen LogP contribution is 1.99. The number of nitrogens with two attached hydrogens (primary N) is 2. The van der Waals surface area contributed by atoms with Crippen LogP contribution in [0.4, 0.5) is 0 Å². The lowest BCUT2D eigenvalue weighted by atomic mass is 9.98. The van der Waals surface area contributed by atoms with Crippen LogP contribution in [0, 0.1) is 0 Å². The van der Waals surface area contributed by atoms with Gasteiger partial charge in [-0.25, -0.2) is 0 Å². The number of ether oxygens (including phenoxy) is 1. The third-order valence-electron chi connectivity index (χ3n) is 1.37. The van der Waals surface area contributed by atoms with Gasteiger partial charge in [-0.1, -0.05) is 0 Å². The molecule has 4 N–H and O–H groups in total. The Morgan fingerprint density at radius 1 is 1.55 bits per heavy atom. The van der Waals surface area contributed by atoms with Gasteiger partial charge in [-0.15, -0.1) is 0 Å². The number of carbonyl (C=O) groups excluding carboxylic acids is 2. The molecule has 0 aromatic heterocycles. The normalized spacial score (nSPS) is 15.5. The zero-order chi connectivity index (χ0) is 9.07. The summed E-state index contributed by atoms with van der Waals surface area (Å²) in [5.74, 6) is -1.37. The number of hydrogen-bond donors (Lipinski definition) is 2. The number of rotatable bonds is 4. The molecule has 1 amide bonds. The van der Waals surface area contributed by atoms with Crippen molar-refractivity contribution >= 4 is 11.7 Å². The molecule has 0 aliphatic heterocycles. The molecule has 0 aromatic rings. The zero-order valence-electron chi connectivity index (χ0n) is 6.59. The molecule has 0 aliphatic carbocycles. The van der Waals surface area contributed by atoms with E-state index in [9.17, 15) is 9.59 Å². The first-order chi connectivity index (χ1) is 4.92. The molecule has 11 heavy (non-hydrogen) atoms. The summed E-state index contributed by atoms with van der Waals surface area (Å²) in [5, 5.41) is 0. The molecule has 0 rings (SSSR count). The molecule has 5 nitrogen and oxygen atoms in total. The first-order valence-electron chi connectivity index (χ1n) is 3.04. The van der Waals surface area contributed by atoms with E-state index in [2.05, 4.69) is 4.74 Å². The van der Waals surface area contributed by atoms with Gasteiger partial charge in [0, 0.05) is 7.11 Å². The van der Waals surface area contributed by atoms with Gasteiger partial charge in [-0.2, -0.15) is 0 Å². The highest BCUT2D eigenvalue weighted by molar-refractivity contribution is 6.09. The van der Waals surface area contributed by atoms with Crippen LogP contribution < -0.4 is 11.5 Å². The van der Waals surface area contributed by atoms with E-state index in [-0.39, 0.29) is 6.61 Å². The number of methoxy groups -OCH3 is 1. The predicted octanol–water partition coefficient (Wildman–Crippen LogP) is -1.60. The van der Waals surface area contributed by atoms with Crippen molar-refractivity contribution in [3.8, 4) is 0 Å². The Balaban J connectivity index is 4.30. The third kappa shape index (κ3) is 2.28. The second-order valence-electron chi connectivity index (χ2n) is 2.42. The molecule has 0 aliphatic rings. The summed E-state index contributed by atoms with van der Waals surface area (Å²) < 4.78 is 4.50. The van der Waals surface area contributed by atoms with Crippen molar-refractivity contribution in [2.24, 2.45) is 11.5 Å². The van der Waals surface area contributed by atoms with Crippen molar-refractivity contribution < 1.29 is 14.3 Å². The number of carbonyl (C=O) groups is 2. The Morgan fingerprint density at radius 3 is 2.27 bits per heavy atom. The molecule has 0 fully saturated rings. The van der Waals surface area contributed by atoms with E-state index in [0.717, 1.165) is 0 Å². The molecule has 0 bridgehead atoms. The molecule has 0 spiro atoms. The van der Waals surface area contributed by atoms with Crippen LogP contribution in [0.2, 0.25) is 0 Å². The molecular weight excluding hydrogens is 148 g/mol. The Labute approximate surface area is 64.7 Å². The van der Waals surface area contributed by atoms with Gasteiger partial charge in [0.2, 0.25) is 5.91 Å². The van der Waals surface area contributed by atoms with Gasteiger partial charge in [-0.3, -0.25) is 9.59 Å². The number of ketones is 1. The maximum absolute atomic E-state index is 11.0. The van der Waals surface area contributed by atoms with Crippen molar-refractivity contribution in [2.45, 2.75) is 12.5 Å². The molecule has 64 valence electrons. The summed E-state index contributed by atoms with van der Waals surface area (Å²) in [7, 11) is 1.34. The fourth-order valence-electron chi connectivity index (χ4n) is 0.418. The summed E-state index contributed by atoms with van der Waals surface area (Å²) in [6.45, 7) is 1.06.